The third-order valence-corrected chi connectivity index (χ3v) is 4.45. The molecule has 2 aromatic rings. The van der Waals surface area contributed by atoms with Crippen LogP contribution in [-0.2, 0) is 0 Å². The molecule has 1 aliphatic rings. The van der Waals surface area contributed by atoms with Crippen LogP contribution >= 0.6 is 11.8 Å². The monoisotopic (exact) mass is 279 g/mol. The van der Waals surface area contributed by atoms with Crippen LogP contribution in [-0.4, -0.2) is 16.8 Å². The molecule has 0 saturated heterocycles. The van der Waals surface area contributed by atoms with Gasteiger partial charge >= 0.3 is 0 Å². The van der Waals surface area contributed by atoms with Crippen LogP contribution < -0.4 is 0 Å². The van der Waals surface area contributed by atoms with Crippen molar-refractivity contribution in [3.63, 3.8) is 0 Å². The molecule has 20 heavy (non-hydrogen) atoms. The van der Waals surface area contributed by atoms with Gasteiger partial charge < -0.3 is 0 Å². The highest BCUT2D eigenvalue weighted by atomic mass is 32.2. The smallest absolute Gasteiger partial charge is 0.185 e. The van der Waals surface area contributed by atoms with Gasteiger partial charge in [0.15, 0.2) is 11.6 Å². The molecule has 1 unspecified atom stereocenters. The van der Waals surface area contributed by atoms with Crippen molar-refractivity contribution >= 4 is 23.3 Å². The fourth-order valence-corrected chi connectivity index (χ4v) is 3.31. The first-order valence-corrected chi connectivity index (χ1v) is 6.93. The molecular weight excluding hydrogens is 270 g/mol. The number of nitrogens with zero attached hydrogens (tertiary/aromatic N) is 1. The number of benzene rings is 2. The van der Waals surface area contributed by atoms with Gasteiger partial charge in [-0.3, -0.25) is 9.59 Å². The summed E-state index contributed by atoms with van der Waals surface area (Å²) < 4.78 is 0. The van der Waals surface area contributed by atoms with Crippen LogP contribution in [0.15, 0.2) is 53.4 Å². The lowest BCUT2D eigenvalue weighted by molar-refractivity contribution is 0.0906. The van der Waals surface area contributed by atoms with Gasteiger partial charge in [-0.1, -0.05) is 30.3 Å². The van der Waals surface area contributed by atoms with E-state index in [0.717, 1.165) is 4.90 Å². The van der Waals surface area contributed by atoms with E-state index in [2.05, 4.69) is 0 Å². The Morgan fingerprint density at radius 2 is 1.80 bits per heavy atom. The average Bonchev–Trinajstić information content (AvgIpc) is 2.84. The van der Waals surface area contributed by atoms with Crippen LogP contribution in [0.4, 0.5) is 0 Å². The van der Waals surface area contributed by atoms with Crippen molar-refractivity contribution < 1.29 is 9.59 Å². The minimum absolute atomic E-state index is 0.139. The van der Waals surface area contributed by atoms with Crippen LogP contribution in [0.3, 0.4) is 0 Å². The van der Waals surface area contributed by atoms with E-state index in [1.54, 1.807) is 36.4 Å². The zero-order valence-corrected chi connectivity index (χ0v) is 11.2. The molecule has 0 saturated carbocycles. The molecule has 0 aromatic heterocycles. The molecule has 0 amide bonds. The van der Waals surface area contributed by atoms with E-state index in [9.17, 15) is 9.59 Å². The van der Waals surface area contributed by atoms with E-state index >= 15 is 0 Å². The lowest BCUT2D eigenvalue weighted by Crippen LogP contribution is -2.23. The minimum atomic E-state index is -0.708. The topological polar surface area (TPSA) is 57.9 Å². The summed E-state index contributed by atoms with van der Waals surface area (Å²) in [4.78, 5) is 25.5. The Labute approximate surface area is 120 Å². The van der Waals surface area contributed by atoms with Gasteiger partial charge in [-0.25, -0.2) is 0 Å². The number of hydrogen-bond acceptors (Lipinski definition) is 4. The lowest BCUT2D eigenvalue weighted by atomic mass is 10.0. The van der Waals surface area contributed by atoms with Gasteiger partial charge in [-0.2, -0.15) is 5.26 Å². The number of thioether (sulfide) groups is 1. The second-order valence-corrected chi connectivity index (χ2v) is 5.56. The van der Waals surface area contributed by atoms with E-state index in [1.165, 1.54) is 11.8 Å². The number of hydrogen-bond donors (Lipinski definition) is 0. The van der Waals surface area contributed by atoms with Crippen LogP contribution in [0, 0.1) is 11.3 Å². The van der Waals surface area contributed by atoms with Gasteiger partial charge in [0.05, 0.1) is 11.6 Å². The minimum Gasteiger partial charge on any atom is -0.292 e. The van der Waals surface area contributed by atoms with Crippen LogP contribution in [0.25, 0.3) is 0 Å². The van der Waals surface area contributed by atoms with Gasteiger partial charge in [-0.15, -0.1) is 11.8 Å². The van der Waals surface area contributed by atoms with Gasteiger partial charge in [0.1, 0.15) is 5.25 Å². The molecule has 1 heterocycles. The Balaban J connectivity index is 1.90. The number of Topliss-reactive ketones (excluding diaryl/α,β-unsaturated/α-hetero) is 2. The highest BCUT2D eigenvalue weighted by Crippen LogP contribution is 2.38. The van der Waals surface area contributed by atoms with E-state index in [4.69, 9.17) is 5.26 Å². The van der Waals surface area contributed by atoms with E-state index in [1.807, 2.05) is 18.2 Å². The number of ketones is 2. The summed E-state index contributed by atoms with van der Waals surface area (Å²) in [5.74, 6) is -0.347. The van der Waals surface area contributed by atoms with Crippen molar-refractivity contribution in [2.75, 3.05) is 0 Å². The molecule has 2 aromatic carbocycles. The fraction of sp³-hybridized carbons (Fsp3) is 0.0625. The summed E-state index contributed by atoms with van der Waals surface area (Å²) in [7, 11) is 0. The molecule has 0 aliphatic carbocycles. The number of fused-ring (bicyclic) bond motifs is 1. The summed E-state index contributed by atoms with van der Waals surface area (Å²) in [6.07, 6.45) is 0. The van der Waals surface area contributed by atoms with Crippen molar-refractivity contribution in [2.45, 2.75) is 10.1 Å². The zero-order valence-electron chi connectivity index (χ0n) is 10.4. The zero-order chi connectivity index (χ0) is 14.1. The maximum Gasteiger partial charge on any atom is 0.185 e. The maximum atomic E-state index is 12.4. The third kappa shape index (κ3) is 2.02. The molecule has 0 radical (unpaired) electrons. The highest BCUT2D eigenvalue weighted by Gasteiger charge is 2.36. The number of carbonyl (C=O) groups excluding carboxylic acids is 2. The van der Waals surface area contributed by atoms with Crippen molar-refractivity contribution in [1.82, 2.24) is 0 Å². The van der Waals surface area contributed by atoms with Gasteiger partial charge in [-0.05, 0) is 18.2 Å². The Morgan fingerprint density at radius 3 is 2.45 bits per heavy atom. The van der Waals surface area contributed by atoms with Crippen molar-refractivity contribution in [3.05, 3.63) is 65.2 Å². The lowest BCUT2D eigenvalue weighted by Gasteiger charge is -2.06. The number of carbonyl (C=O) groups is 2. The molecule has 0 fully saturated rings. The SMILES string of the molecule is N#Cc1ccc(C(=O)C2Sc3ccccc3C2=O)cc1. The molecule has 96 valence electrons. The predicted molar refractivity (Wildman–Crippen MR) is 75.9 cm³/mol. The van der Waals surface area contributed by atoms with E-state index < -0.39 is 5.25 Å². The Kier molecular flexibility index (Phi) is 3.13. The van der Waals surface area contributed by atoms with Crippen LogP contribution in [0.5, 0.6) is 0 Å². The molecule has 1 aliphatic heterocycles. The van der Waals surface area contributed by atoms with Gasteiger partial charge in [0.2, 0.25) is 0 Å². The molecule has 1 atom stereocenters. The normalized spacial score (nSPS) is 16.6. The molecule has 4 heteroatoms. The predicted octanol–water partition coefficient (Wildman–Crippen LogP) is 3.10. The van der Waals surface area contributed by atoms with E-state index in [0.29, 0.717) is 16.7 Å². The van der Waals surface area contributed by atoms with Crippen LogP contribution in [0.2, 0.25) is 0 Å². The molecule has 0 bridgehead atoms. The summed E-state index contributed by atoms with van der Waals surface area (Å²) in [5, 5.41) is 8.04. The molecular formula is C16H9NO2S. The quantitative estimate of drug-likeness (QED) is 0.626. The molecule has 3 nitrogen and oxygen atoms in total. The second kappa shape index (κ2) is 4.95. The van der Waals surface area contributed by atoms with Crippen molar-refractivity contribution in [2.24, 2.45) is 0 Å². The number of nitriles is 1. The Bertz CT molecular complexity index is 744. The first-order chi connectivity index (χ1) is 9.70. The summed E-state index contributed by atoms with van der Waals surface area (Å²) in [5.41, 5.74) is 1.57. The molecule has 0 N–H and O–H groups in total. The van der Waals surface area contributed by atoms with Gasteiger partial charge in [0.25, 0.3) is 0 Å². The van der Waals surface area contributed by atoms with Crippen molar-refractivity contribution in [1.29, 1.82) is 5.26 Å². The Morgan fingerprint density at radius 1 is 1.10 bits per heavy atom. The Hall–Kier alpha value is -2.38. The first-order valence-electron chi connectivity index (χ1n) is 6.05. The van der Waals surface area contributed by atoms with Gasteiger partial charge in [0, 0.05) is 16.0 Å². The summed E-state index contributed by atoms with van der Waals surface area (Å²) in [6, 6.07) is 15.6. The number of rotatable bonds is 2. The first kappa shape index (κ1) is 12.6. The average molecular weight is 279 g/mol. The van der Waals surface area contributed by atoms with E-state index in [-0.39, 0.29) is 11.6 Å². The summed E-state index contributed by atoms with van der Waals surface area (Å²) >= 11 is 1.29. The largest absolute Gasteiger partial charge is 0.292 e. The third-order valence-electron chi connectivity index (χ3n) is 3.17. The molecule has 0 spiro atoms. The highest BCUT2D eigenvalue weighted by molar-refractivity contribution is 8.02. The molecule has 3 rings (SSSR count). The summed E-state index contributed by atoms with van der Waals surface area (Å²) in [6.45, 7) is 0. The van der Waals surface area contributed by atoms with Crippen LogP contribution in [0.1, 0.15) is 26.3 Å². The second-order valence-electron chi connectivity index (χ2n) is 4.41. The fourth-order valence-electron chi connectivity index (χ4n) is 2.13. The maximum absolute atomic E-state index is 12.4. The standard InChI is InChI=1S/C16H9NO2S/c17-9-10-5-7-11(8-6-10)14(18)16-15(19)12-3-1-2-4-13(12)20-16/h1-8,16H. The van der Waals surface area contributed by atoms with Crippen molar-refractivity contribution in [3.8, 4) is 6.07 Å².